The number of unbranched alkanes of at least 4 members (excludes halogenated alkanes) is 3. The number of hydrogen-bond acceptors (Lipinski definition) is 3. The minimum atomic E-state index is -0.755. The summed E-state index contributed by atoms with van der Waals surface area (Å²) in [6, 6.07) is 0. The van der Waals surface area contributed by atoms with Gasteiger partial charge in [0.1, 0.15) is 0 Å². The van der Waals surface area contributed by atoms with Crippen LogP contribution >= 0.6 is 0 Å². The van der Waals surface area contributed by atoms with Crippen molar-refractivity contribution in [3.63, 3.8) is 0 Å². The van der Waals surface area contributed by atoms with Gasteiger partial charge >= 0.3 is 17.1 Å². The SMILES string of the molecule is CCCCCCn1c(=O)[nH]c(=O)[nH]c1=O. The minimum Gasteiger partial charge on any atom is -0.259 e. The average Bonchev–Trinajstić information content (AvgIpc) is 2.15. The molecule has 0 bridgehead atoms. The second-order valence-corrected chi connectivity index (χ2v) is 3.40. The van der Waals surface area contributed by atoms with E-state index >= 15 is 0 Å². The third-order valence-electron chi connectivity index (χ3n) is 2.17. The summed E-state index contributed by atoms with van der Waals surface area (Å²) >= 11 is 0. The van der Waals surface area contributed by atoms with E-state index in [2.05, 4.69) is 6.92 Å². The van der Waals surface area contributed by atoms with Crippen LogP contribution in [0, 0.1) is 0 Å². The summed E-state index contributed by atoms with van der Waals surface area (Å²) in [6.07, 6.45) is 3.91. The van der Waals surface area contributed by atoms with Crippen molar-refractivity contribution in [3.8, 4) is 0 Å². The lowest BCUT2D eigenvalue weighted by Gasteiger charge is -2.01. The van der Waals surface area contributed by atoms with Gasteiger partial charge in [0.15, 0.2) is 0 Å². The Bertz CT molecular complexity index is 434. The Morgan fingerprint density at radius 1 is 1.00 bits per heavy atom. The maximum atomic E-state index is 11.2. The van der Waals surface area contributed by atoms with Gasteiger partial charge in [-0.3, -0.25) is 9.97 Å². The molecule has 1 aromatic rings. The zero-order valence-corrected chi connectivity index (χ0v) is 8.71. The van der Waals surface area contributed by atoms with E-state index in [1.807, 2.05) is 9.97 Å². The topological polar surface area (TPSA) is 87.7 Å². The van der Waals surface area contributed by atoms with Gasteiger partial charge in [-0.1, -0.05) is 26.2 Å². The van der Waals surface area contributed by atoms with Crippen molar-refractivity contribution in [2.24, 2.45) is 0 Å². The molecule has 0 spiro atoms. The number of nitrogens with one attached hydrogen (secondary N) is 2. The van der Waals surface area contributed by atoms with Crippen molar-refractivity contribution in [2.75, 3.05) is 0 Å². The molecule has 0 saturated heterocycles. The molecule has 0 aromatic carbocycles. The van der Waals surface area contributed by atoms with Crippen molar-refractivity contribution < 1.29 is 0 Å². The highest BCUT2D eigenvalue weighted by atomic mass is 16.2. The van der Waals surface area contributed by atoms with Gasteiger partial charge in [-0.25, -0.2) is 19.0 Å². The Balaban J connectivity index is 2.74. The fourth-order valence-corrected chi connectivity index (χ4v) is 1.35. The van der Waals surface area contributed by atoms with E-state index < -0.39 is 17.1 Å². The normalized spacial score (nSPS) is 10.5. The van der Waals surface area contributed by atoms with Crippen molar-refractivity contribution in [3.05, 3.63) is 31.5 Å². The monoisotopic (exact) mass is 213 g/mol. The van der Waals surface area contributed by atoms with Crippen molar-refractivity contribution >= 4 is 0 Å². The Hall–Kier alpha value is -1.59. The molecular formula is C9H15N3O3. The summed E-state index contributed by atoms with van der Waals surface area (Å²) in [5.74, 6) is 0. The summed E-state index contributed by atoms with van der Waals surface area (Å²) in [6.45, 7) is 2.43. The quantitative estimate of drug-likeness (QED) is 0.664. The average molecular weight is 213 g/mol. The third kappa shape index (κ3) is 3.23. The molecule has 0 fully saturated rings. The fraction of sp³-hybridized carbons (Fsp3) is 0.667. The standard InChI is InChI=1S/C9H15N3O3/c1-2-3-4-5-6-12-8(14)10-7(13)11-9(12)15/h2-6H2,1H3,(H2,10,11,13,14,15). The highest BCUT2D eigenvalue weighted by Crippen LogP contribution is 1.98. The first kappa shape index (κ1) is 11.5. The molecule has 1 heterocycles. The van der Waals surface area contributed by atoms with Crippen LogP contribution in [-0.2, 0) is 6.54 Å². The summed E-state index contributed by atoms with van der Waals surface area (Å²) in [7, 11) is 0. The molecule has 6 nitrogen and oxygen atoms in total. The zero-order chi connectivity index (χ0) is 11.3. The van der Waals surface area contributed by atoms with E-state index in [9.17, 15) is 14.4 Å². The van der Waals surface area contributed by atoms with E-state index in [0.29, 0.717) is 6.54 Å². The molecule has 0 saturated carbocycles. The van der Waals surface area contributed by atoms with Gasteiger partial charge in [0.05, 0.1) is 0 Å². The summed E-state index contributed by atoms with van der Waals surface area (Å²) in [5.41, 5.74) is -2.03. The van der Waals surface area contributed by atoms with Gasteiger partial charge in [-0.2, -0.15) is 0 Å². The van der Waals surface area contributed by atoms with E-state index in [1.54, 1.807) is 0 Å². The first-order valence-corrected chi connectivity index (χ1v) is 5.08. The van der Waals surface area contributed by atoms with Crippen molar-refractivity contribution in [1.82, 2.24) is 14.5 Å². The predicted octanol–water partition coefficient (Wildman–Crippen LogP) is -0.195. The van der Waals surface area contributed by atoms with Crippen LogP contribution in [0.25, 0.3) is 0 Å². The van der Waals surface area contributed by atoms with Gasteiger partial charge in [0.2, 0.25) is 0 Å². The van der Waals surface area contributed by atoms with Gasteiger partial charge in [0, 0.05) is 6.54 Å². The zero-order valence-electron chi connectivity index (χ0n) is 8.71. The summed E-state index contributed by atoms with van der Waals surface area (Å²) < 4.78 is 1.01. The molecule has 2 N–H and O–H groups in total. The lowest BCUT2D eigenvalue weighted by atomic mass is 10.2. The van der Waals surface area contributed by atoms with Gasteiger partial charge < -0.3 is 0 Å². The number of aromatic amines is 2. The van der Waals surface area contributed by atoms with Gasteiger partial charge in [0.25, 0.3) is 0 Å². The van der Waals surface area contributed by atoms with Crippen LogP contribution < -0.4 is 17.1 Å². The summed E-state index contributed by atoms with van der Waals surface area (Å²) in [5, 5.41) is 0. The van der Waals surface area contributed by atoms with E-state index in [-0.39, 0.29) is 0 Å². The van der Waals surface area contributed by atoms with Crippen LogP contribution in [-0.4, -0.2) is 14.5 Å². The maximum absolute atomic E-state index is 11.2. The number of aromatic nitrogens is 3. The molecule has 0 amide bonds. The van der Waals surface area contributed by atoms with Crippen LogP contribution in [0.5, 0.6) is 0 Å². The summed E-state index contributed by atoms with van der Waals surface area (Å²) in [4.78, 5) is 37.2. The van der Waals surface area contributed by atoms with E-state index in [4.69, 9.17) is 0 Å². The lowest BCUT2D eigenvalue weighted by Crippen LogP contribution is -2.43. The molecule has 1 aromatic heterocycles. The molecule has 15 heavy (non-hydrogen) atoms. The molecule has 1 rings (SSSR count). The van der Waals surface area contributed by atoms with Crippen molar-refractivity contribution in [1.29, 1.82) is 0 Å². The molecule has 0 aliphatic rings. The van der Waals surface area contributed by atoms with E-state index in [0.717, 1.165) is 30.3 Å². The largest absolute Gasteiger partial charge is 0.333 e. The predicted molar refractivity (Wildman–Crippen MR) is 56.1 cm³/mol. The Labute approximate surface area is 86.0 Å². The molecule has 0 aliphatic carbocycles. The van der Waals surface area contributed by atoms with Crippen LogP contribution in [0.2, 0.25) is 0 Å². The van der Waals surface area contributed by atoms with Crippen LogP contribution in [0.4, 0.5) is 0 Å². The molecule has 0 atom stereocenters. The fourth-order valence-electron chi connectivity index (χ4n) is 1.35. The number of nitrogens with zero attached hydrogens (tertiary/aromatic N) is 1. The van der Waals surface area contributed by atoms with Crippen LogP contribution in [0.1, 0.15) is 32.6 Å². The molecule has 0 radical (unpaired) electrons. The third-order valence-corrected chi connectivity index (χ3v) is 2.17. The lowest BCUT2D eigenvalue weighted by molar-refractivity contribution is 0.534. The first-order chi connectivity index (χ1) is 7.15. The number of rotatable bonds is 5. The molecule has 6 heteroatoms. The highest BCUT2D eigenvalue weighted by Gasteiger charge is 2.01. The smallest absolute Gasteiger partial charge is 0.259 e. The minimum absolute atomic E-state index is 0.352. The Morgan fingerprint density at radius 2 is 1.60 bits per heavy atom. The molecule has 0 aliphatic heterocycles. The van der Waals surface area contributed by atoms with Crippen LogP contribution in [0.15, 0.2) is 14.4 Å². The molecular weight excluding hydrogens is 198 g/mol. The van der Waals surface area contributed by atoms with E-state index in [1.165, 1.54) is 0 Å². The Kier molecular flexibility index (Phi) is 4.08. The highest BCUT2D eigenvalue weighted by molar-refractivity contribution is 4.68. The maximum Gasteiger partial charge on any atom is 0.333 e. The second-order valence-electron chi connectivity index (χ2n) is 3.40. The van der Waals surface area contributed by atoms with Gasteiger partial charge in [-0.15, -0.1) is 0 Å². The van der Waals surface area contributed by atoms with Crippen molar-refractivity contribution in [2.45, 2.75) is 39.2 Å². The first-order valence-electron chi connectivity index (χ1n) is 5.08. The number of hydrogen-bond donors (Lipinski definition) is 2. The second kappa shape index (κ2) is 5.33. The van der Waals surface area contributed by atoms with Gasteiger partial charge in [-0.05, 0) is 6.42 Å². The molecule has 84 valence electrons. The Morgan fingerprint density at radius 3 is 2.13 bits per heavy atom. The van der Waals surface area contributed by atoms with Crippen LogP contribution in [0.3, 0.4) is 0 Å². The molecule has 0 unspecified atom stereocenters. The number of H-pyrrole nitrogens is 2.